The molecule has 0 unspecified atom stereocenters. The zero-order valence-corrected chi connectivity index (χ0v) is 17.9. The van der Waals surface area contributed by atoms with Crippen molar-refractivity contribution in [3.05, 3.63) is 54.1 Å². The topological polar surface area (TPSA) is 73.0 Å². The van der Waals surface area contributed by atoms with Crippen molar-refractivity contribution in [3.8, 4) is 0 Å². The highest BCUT2D eigenvalue weighted by molar-refractivity contribution is 7.92. The molecule has 0 radical (unpaired) electrons. The van der Waals surface area contributed by atoms with Crippen LogP contribution in [-0.4, -0.2) is 65.3 Å². The van der Waals surface area contributed by atoms with Gasteiger partial charge in [0.05, 0.1) is 11.9 Å². The van der Waals surface area contributed by atoms with E-state index in [1.165, 1.54) is 0 Å². The number of nitrogens with zero attached hydrogens (tertiary/aromatic N) is 3. The predicted octanol–water partition coefficient (Wildman–Crippen LogP) is 2.15. The number of anilines is 3. The summed E-state index contributed by atoms with van der Waals surface area (Å²) in [7, 11) is -1.47. The molecule has 29 heavy (non-hydrogen) atoms. The Labute approximate surface area is 173 Å². The molecule has 0 bridgehead atoms. The molecule has 0 spiro atoms. The van der Waals surface area contributed by atoms with Crippen molar-refractivity contribution in [2.24, 2.45) is 0 Å². The number of nitrogens with one attached hydrogen (secondary N) is 1. The van der Waals surface area contributed by atoms with Crippen molar-refractivity contribution >= 4 is 33.0 Å². The molecule has 0 atom stereocenters. The van der Waals surface area contributed by atoms with Crippen molar-refractivity contribution < 1.29 is 13.2 Å². The fraction of sp³-hybridized carbons (Fsp3) is 0.381. The Balaban J connectivity index is 1.67. The third-order valence-electron chi connectivity index (χ3n) is 5.09. The van der Waals surface area contributed by atoms with E-state index >= 15 is 0 Å². The first-order chi connectivity index (χ1) is 13.7. The van der Waals surface area contributed by atoms with Crippen LogP contribution in [0, 0.1) is 6.92 Å². The summed E-state index contributed by atoms with van der Waals surface area (Å²) in [4.78, 5) is 17.2. The van der Waals surface area contributed by atoms with Crippen LogP contribution in [0.3, 0.4) is 0 Å². The summed E-state index contributed by atoms with van der Waals surface area (Å²) in [6, 6.07) is 14.8. The number of para-hydroxylation sites is 1. The molecule has 2 aromatic carbocycles. The second-order valence-corrected chi connectivity index (χ2v) is 9.35. The Morgan fingerprint density at radius 2 is 1.66 bits per heavy atom. The highest BCUT2D eigenvalue weighted by Crippen LogP contribution is 2.23. The average molecular weight is 417 g/mol. The molecule has 0 aromatic heterocycles. The van der Waals surface area contributed by atoms with Crippen molar-refractivity contribution in [1.82, 2.24) is 4.90 Å². The van der Waals surface area contributed by atoms with Gasteiger partial charge in [-0.15, -0.1) is 0 Å². The molecular formula is C21H28N4O3S. The second-order valence-electron chi connectivity index (χ2n) is 7.44. The molecule has 3 rings (SSSR count). The van der Waals surface area contributed by atoms with Crippen LogP contribution in [-0.2, 0) is 14.8 Å². The number of hydrogen-bond acceptors (Lipinski definition) is 5. The predicted molar refractivity (Wildman–Crippen MR) is 118 cm³/mol. The van der Waals surface area contributed by atoms with Gasteiger partial charge < -0.3 is 15.1 Å². The summed E-state index contributed by atoms with van der Waals surface area (Å²) in [5.74, 6) is -0.383. The lowest BCUT2D eigenvalue weighted by Crippen LogP contribution is -2.44. The quantitative estimate of drug-likeness (QED) is 0.781. The van der Waals surface area contributed by atoms with Gasteiger partial charge in [0.15, 0.2) is 0 Å². The van der Waals surface area contributed by atoms with E-state index in [4.69, 9.17) is 0 Å². The van der Waals surface area contributed by atoms with Gasteiger partial charge in [0.2, 0.25) is 15.9 Å². The lowest BCUT2D eigenvalue weighted by atomic mass is 10.2. The number of carbonyl (C=O) groups is 1. The van der Waals surface area contributed by atoms with Crippen LogP contribution >= 0.6 is 0 Å². The third-order valence-corrected chi connectivity index (χ3v) is 6.22. The molecule has 7 nitrogen and oxygen atoms in total. The standard InChI is InChI=1S/C21H28N4O3S/c1-17-6-4-5-7-20(17)25(29(3,27)28)16-21(26)22-18-8-10-19(11-9-18)24-14-12-23(2)13-15-24/h4-11H,12-16H2,1-3H3,(H,22,26). The molecule has 1 amide bonds. The second kappa shape index (κ2) is 8.84. The maximum absolute atomic E-state index is 12.5. The van der Waals surface area contributed by atoms with E-state index in [1.54, 1.807) is 12.1 Å². The summed E-state index contributed by atoms with van der Waals surface area (Å²) in [6.45, 7) is 5.55. The fourth-order valence-electron chi connectivity index (χ4n) is 3.38. The molecule has 1 N–H and O–H groups in total. The molecule has 156 valence electrons. The molecular weight excluding hydrogens is 388 g/mol. The Morgan fingerprint density at radius 3 is 2.24 bits per heavy atom. The molecule has 1 heterocycles. The van der Waals surface area contributed by atoms with E-state index < -0.39 is 10.0 Å². The van der Waals surface area contributed by atoms with Crippen LogP contribution in [0.2, 0.25) is 0 Å². The number of hydrogen-bond donors (Lipinski definition) is 1. The normalized spacial score (nSPS) is 15.2. The number of benzene rings is 2. The number of rotatable bonds is 6. The maximum atomic E-state index is 12.5. The Morgan fingerprint density at radius 1 is 1.03 bits per heavy atom. The van der Waals surface area contributed by atoms with Crippen LogP contribution in [0.25, 0.3) is 0 Å². The zero-order valence-electron chi connectivity index (χ0n) is 17.1. The number of aryl methyl sites for hydroxylation is 1. The molecule has 1 aliphatic rings. The monoisotopic (exact) mass is 416 g/mol. The highest BCUT2D eigenvalue weighted by Gasteiger charge is 2.22. The maximum Gasteiger partial charge on any atom is 0.245 e. The lowest BCUT2D eigenvalue weighted by Gasteiger charge is -2.34. The molecule has 0 aliphatic carbocycles. The van der Waals surface area contributed by atoms with Crippen LogP contribution in [0.5, 0.6) is 0 Å². The van der Waals surface area contributed by atoms with E-state index in [0.29, 0.717) is 11.4 Å². The minimum absolute atomic E-state index is 0.274. The van der Waals surface area contributed by atoms with Crippen molar-refractivity contribution in [2.45, 2.75) is 6.92 Å². The summed E-state index contributed by atoms with van der Waals surface area (Å²) in [6.07, 6.45) is 1.11. The van der Waals surface area contributed by atoms with E-state index in [9.17, 15) is 13.2 Å². The molecule has 1 saturated heterocycles. The SMILES string of the molecule is Cc1ccccc1N(CC(=O)Nc1ccc(N2CCN(C)CC2)cc1)S(C)(=O)=O. The number of piperazine rings is 1. The first-order valence-electron chi connectivity index (χ1n) is 9.61. The highest BCUT2D eigenvalue weighted by atomic mass is 32.2. The first kappa shape index (κ1) is 21.1. The largest absolute Gasteiger partial charge is 0.369 e. The lowest BCUT2D eigenvalue weighted by molar-refractivity contribution is -0.114. The van der Waals surface area contributed by atoms with Crippen molar-refractivity contribution in [3.63, 3.8) is 0 Å². The van der Waals surface area contributed by atoms with Gasteiger partial charge in [-0.25, -0.2) is 8.42 Å². The van der Waals surface area contributed by atoms with Crippen LogP contribution < -0.4 is 14.5 Å². The van der Waals surface area contributed by atoms with Gasteiger partial charge in [0.25, 0.3) is 0 Å². The van der Waals surface area contributed by atoms with Gasteiger partial charge >= 0.3 is 0 Å². The minimum Gasteiger partial charge on any atom is -0.369 e. The van der Waals surface area contributed by atoms with Crippen LogP contribution in [0.15, 0.2) is 48.5 Å². The Bertz CT molecular complexity index is 952. The number of carbonyl (C=O) groups excluding carboxylic acids is 1. The van der Waals surface area contributed by atoms with Crippen molar-refractivity contribution in [2.75, 3.05) is 60.5 Å². The van der Waals surface area contributed by atoms with Gasteiger partial charge in [-0.05, 0) is 49.9 Å². The Kier molecular flexibility index (Phi) is 6.44. The summed E-state index contributed by atoms with van der Waals surface area (Å²) in [5.41, 5.74) is 3.07. The van der Waals surface area contributed by atoms with E-state index in [1.807, 2.05) is 43.3 Å². The van der Waals surface area contributed by atoms with Crippen LogP contribution in [0.1, 0.15) is 5.56 Å². The van der Waals surface area contributed by atoms with E-state index in [0.717, 1.165) is 48.0 Å². The Hall–Kier alpha value is -2.58. The minimum atomic E-state index is -3.59. The number of amides is 1. The summed E-state index contributed by atoms with van der Waals surface area (Å²) in [5, 5.41) is 2.80. The van der Waals surface area contributed by atoms with Crippen LogP contribution in [0.4, 0.5) is 17.1 Å². The molecule has 8 heteroatoms. The van der Waals surface area contributed by atoms with Gasteiger partial charge in [0.1, 0.15) is 6.54 Å². The third kappa shape index (κ3) is 5.48. The van der Waals surface area contributed by atoms with E-state index in [-0.39, 0.29) is 12.5 Å². The van der Waals surface area contributed by atoms with Gasteiger partial charge in [-0.1, -0.05) is 18.2 Å². The van der Waals surface area contributed by atoms with Gasteiger partial charge in [0, 0.05) is 37.6 Å². The van der Waals surface area contributed by atoms with Crippen molar-refractivity contribution in [1.29, 1.82) is 0 Å². The zero-order chi connectivity index (χ0) is 21.0. The number of likely N-dealkylation sites (N-methyl/N-ethyl adjacent to an activating group) is 1. The van der Waals surface area contributed by atoms with Gasteiger partial charge in [-0.3, -0.25) is 9.10 Å². The van der Waals surface area contributed by atoms with E-state index in [2.05, 4.69) is 22.2 Å². The van der Waals surface area contributed by atoms with Gasteiger partial charge in [-0.2, -0.15) is 0 Å². The first-order valence-corrected chi connectivity index (χ1v) is 11.5. The average Bonchev–Trinajstić information content (AvgIpc) is 2.67. The molecule has 0 saturated carbocycles. The molecule has 2 aromatic rings. The summed E-state index contributed by atoms with van der Waals surface area (Å²) >= 11 is 0. The molecule has 1 fully saturated rings. The smallest absolute Gasteiger partial charge is 0.245 e. The fourth-order valence-corrected chi connectivity index (χ4v) is 4.29. The molecule has 1 aliphatic heterocycles. The number of sulfonamides is 1. The summed E-state index contributed by atoms with van der Waals surface area (Å²) < 4.78 is 25.6.